The number of carbonyl (C=O) groups excluding carboxylic acids is 1. The van der Waals surface area contributed by atoms with Crippen molar-refractivity contribution >= 4 is 17.5 Å². The smallest absolute Gasteiger partial charge is 0.220 e. The summed E-state index contributed by atoms with van der Waals surface area (Å²) in [6.07, 6.45) is 2.99. The van der Waals surface area contributed by atoms with E-state index in [4.69, 9.17) is 10.8 Å². The van der Waals surface area contributed by atoms with Gasteiger partial charge in [0.05, 0.1) is 29.8 Å². The zero-order valence-electron chi connectivity index (χ0n) is 17.0. The van der Waals surface area contributed by atoms with Crippen LogP contribution in [0.4, 0.5) is 4.39 Å². The lowest BCUT2D eigenvalue weighted by molar-refractivity contribution is -0.120. The fourth-order valence-corrected chi connectivity index (χ4v) is 3.58. The average molecular weight is 411 g/mol. The second-order valence-corrected chi connectivity index (χ2v) is 7.66. The second-order valence-electron chi connectivity index (χ2n) is 7.66. The molecule has 0 aliphatic carbocycles. The van der Waals surface area contributed by atoms with Crippen molar-refractivity contribution in [1.29, 1.82) is 0 Å². The summed E-state index contributed by atoms with van der Waals surface area (Å²) in [4.78, 5) is 10.9. The number of nitrogens with two attached hydrogens (primary N) is 1. The molecular weight excluding hydrogens is 385 g/mol. The van der Waals surface area contributed by atoms with Crippen LogP contribution in [0.25, 0.3) is 22.9 Å². The van der Waals surface area contributed by atoms with E-state index in [0.717, 1.165) is 22.2 Å². The summed E-state index contributed by atoms with van der Waals surface area (Å²) >= 11 is 0. The van der Waals surface area contributed by atoms with Gasteiger partial charge in [-0.05, 0) is 47.9 Å². The zero-order chi connectivity index (χ0) is 21.8. The summed E-state index contributed by atoms with van der Waals surface area (Å²) in [5.74, 6) is -0.801. The predicted molar refractivity (Wildman–Crippen MR) is 114 cm³/mol. The average Bonchev–Trinajstić information content (AvgIpc) is 3.13. The van der Waals surface area contributed by atoms with Crippen LogP contribution in [0.2, 0.25) is 0 Å². The number of benzene rings is 1. The van der Waals surface area contributed by atoms with Crippen LogP contribution in [0.5, 0.6) is 0 Å². The highest BCUT2D eigenvalue weighted by atomic mass is 19.1. The SMILES string of the molecule is CC(C)c1c(/C=C/C(O)CC(O)CC(N)=O)c(-c2ccc(F)cc2)nn2cccc12. The van der Waals surface area contributed by atoms with E-state index in [0.29, 0.717) is 5.69 Å². The summed E-state index contributed by atoms with van der Waals surface area (Å²) in [5.41, 5.74) is 9.28. The number of amides is 1. The third-order valence-corrected chi connectivity index (χ3v) is 4.89. The zero-order valence-corrected chi connectivity index (χ0v) is 17.0. The molecule has 0 radical (unpaired) electrons. The molecule has 2 atom stereocenters. The van der Waals surface area contributed by atoms with E-state index in [1.807, 2.05) is 18.3 Å². The van der Waals surface area contributed by atoms with Gasteiger partial charge in [-0.25, -0.2) is 8.91 Å². The third-order valence-electron chi connectivity index (χ3n) is 4.89. The maximum Gasteiger partial charge on any atom is 0.220 e. The largest absolute Gasteiger partial charge is 0.392 e. The first kappa shape index (κ1) is 21.7. The first-order valence-electron chi connectivity index (χ1n) is 9.86. The van der Waals surface area contributed by atoms with Gasteiger partial charge in [0.15, 0.2) is 0 Å². The van der Waals surface area contributed by atoms with Crippen LogP contribution in [0.3, 0.4) is 0 Å². The number of halogens is 1. The Hall–Kier alpha value is -3.03. The Morgan fingerprint density at radius 2 is 1.93 bits per heavy atom. The third kappa shape index (κ3) is 4.93. The molecule has 2 aromatic heterocycles. The van der Waals surface area contributed by atoms with Crippen molar-refractivity contribution < 1.29 is 19.4 Å². The van der Waals surface area contributed by atoms with Crippen molar-refractivity contribution in [3.05, 3.63) is 65.6 Å². The summed E-state index contributed by atoms with van der Waals surface area (Å²) in [6, 6.07) is 9.98. The monoisotopic (exact) mass is 411 g/mol. The topological polar surface area (TPSA) is 101 Å². The lowest BCUT2D eigenvalue weighted by Crippen LogP contribution is -2.23. The van der Waals surface area contributed by atoms with Crippen molar-refractivity contribution in [2.45, 2.75) is 44.8 Å². The normalized spacial score (nSPS) is 13.9. The van der Waals surface area contributed by atoms with E-state index in [2.05, 4.69) is 13.8 Å². The molecular formula is C23H26FN3O3. The number of fused-ring (bicyclic) bond motifs is 1. The number of aromatic nitrogens is 2. The Balaban J connectivity index is 2.06. The van der Waals surface area contributed by atoms with Crippen molar-refractivity contribution in [1.82, 2.24) is 9.61 Å². The number of primary amides is 1. The number of aliphatic hydroxyl groups excluding tert-OH is 2. The Labute approximate surface area is 174 Å². The molecule has 0 saturated heterocycles. The molecule has 6 nitrogen and oxygen atoms in total. The van der Waals surface area contributed by atoms with E-state index in [9.17, 15) is 19.4 Å². The quantitative estimate of drug-likeness (QED) is 0.530. The van der Waals surface area contributed by atoms with Gasteiger partial charge in [0, 0.05) is 23.7 Å². The summed E-state index contributed by atoms with van der Waals surface area (Å²) in [7, 11) is 0. The van der Waals surface area contributed by atoms with Crippen LogP contribution in [-0.4, -0.2) is 37.9 Å². The Morgan fingerprint density at radius 1 is 1.23 bits per heavy atom. The molecule has 0 fully saturated rings. The summed E-state index contributed by atoms with van der Waals surface area (Å²) < 4.78 is 15.2. The van der Waals surface area contributed by atoms with Gasteiger partial charge >= 0.3 is 0 Å². The number of rotatable bonds is 8. The lowest BCUT2D eigenvalue weighted by Gasteiger charge is -2.17. The Morgan fingerprint density at radius 3 is 2.57 bits per heavy atom. The molecule has 0 aliphatic heterocycles. The standard InChI is InChI=1S/C23H26FN3O3/c1-14(2)22-19(10-9-17(28)12-18(29)13-21(25)30)23(15-5-7-16(24)8-6-15)26-27-11-3-4-20(22)27/h3-11,14,17-18,28-29H,12-13H2,1-2H3,(H2,25,30)/b10-9+. The molecule has 2 unspecified atom stereocenters. The molecule has 3 rings (SSSR count). The van der Waals surface area contributed by atoms with Gasteiger partial charge in [-0.15, -0.1) is 0 Å². The van der Waals surface area contributed by atoms with Gasteiger partial charge in [0.2, 0.25) is 5.91 Å². The number of hydrogen-bond acceptors (Lipinski definition) is 4. The molecule has 0 bridgehead atoms. The fourth-order valence-electron chi connectivity index (χ4n) is 3.58. The van der Waals surface area contributed by atoms with Crippen LogP contribution >= 0.6 is 0 Å². The van der Waals surface area contributed by atoms with Crippen molar-refractivity contribution in [3.8, 4) is 11.3 Å². The molecule has 3 aromatic rings. The Bertz CT molecular complexity index is 1060. The molecule has 30 heavy (non-hydrogen) atoms. The van der Waals surface area contributed by atoms with Crippen LogP contribution < -0.4 is 5.73 Å². The maximum absolute atomic E-state index is 13.5. The molecule has 0 spiro atoms. The Kier molecular flexibility index (Phi) is 6.64. The van der Waals surface area contributed by atoms with E-state index in [-0.39, 0.29) is 24.6 Å². The van der Waals surface area contributed by atoms with Crippen LogP contribution in [0.1, 0.15) is 43.7 Å². The van der Waals surface area contributed by atoms with E-state index >= 15 is 0 Å². The van der Waals surface area contributed by atoms with Gasteiger partial charge in [-0.2, -0.15) is 5.10 Å². The second kappa shape index (κ2) is 9.19. The molecule has 158 valence electrons. The first-order valence-corrected chi connectivity index (χ1v) is 9.86. The minimum absolute atomic E-state index is 0.0108. The molecule has 0 saturated carbocycles. The van der Waals surface area contributed by atoms with E-state index in [1.165, 1.54) is 12.1 Å². The highest BCUT2D eigenvalue weighted by Gasteiger charge is 2.18. The van der Waals surface area contributed by atoms with Gasteiger partial charge in [0.1, 0.15) is 5.82 Å². The molecule has 0 aliphatic rings. The molecule has 4 N–H and O–H groups in total. The van der Waals surface area contributed by atoms with Crippen LogP contribution in [0.15, 0.2) is 48.7 Å². The van der Waals surface area contributed by atoms with Crippen LogP contribution in [0, 0.1) is 5.82 Å². The van der Waals surface area contributed by atoms with E-state index in [1.54, 1.807) is 28.8 Å². The van der Waals surface area contributed by atoms with Gasteiger partial charge in [-0.3, -0.25) is 4.79 Å². The minimum Gasteiger partial charge on any atom is -0.392 e. The van der Waals surface area contributed by atoms with Gasteiger partial charge in [0.25, 0.3) is 0 Å². The highest BCUT2D eigenvalue weighted by Crippen LogP contribution is 2.33. The number of hydrogen-bond donors (Lipinski definition) is 3. The summed E-state index contributed by atoms with van der Waals surface area (Å²) in [6.45, 7) is 4.14. The molecule has 1 amide bonds. The van der Waals surface area contributed by atoms with Crippen LogP contribution in [-0.2, 0) is 4.79 Å². The first-order chi connectivity index (χ1) is 14.3. The highest BCUT2D eigenvalue weighted by molar-refractivity contribution is 5.79. The van der Waals surface area contributed by atoms with Crippen molar-refractivity contribution in [3.63, 3.8) is 0 Å². The number of nitrogens with zero attached hydrogens (tertiary/aromatic N) is 2. The molecule has 7 heteroatoms. The molecule has 1 aromatic carbocycles. The fraction of sp³-hybridized carbons (Fsp3) is 0.304. The van der Waals surface area contributed by atoms with Crippen molar-refractivity contribution in [2.24, 2.45) is 5.73 Å². The summed E-state index contributed by atoms with van der Waals surface area (Å²) in [5, 5.41) is 24.9. The maximum atomic E-state index is 13.5. The van der Waals surface area contributed by atoms with E-state index < -0.39 is 18.1 Å². The van der Waals surface area contributed by atoms with Crippen molar-refractivity contribution in [2.75, 3.05) is 0 Å². The lowest BCUT2D eigenvalue weighted by atomic mass is 9.93. The number of carbonyl (C=O) groups is 1. The van der Waals surface area contributed by atoms with Gasteiger partial charge < -0.3 is 15.9 Å². The minimum atomic E-state index is -1.02. The predicted octanol–water partition coefficient (Wildman–Crippen LogP) is 3.26. The number of aliphatic hydroxyl groups is 2. The molecule has 2 heterocycles. The van der Waals surface area contributed by atoms with Gasteiger partial charge in [-0.1, -0.05) is 26.0 Å².